The molecule has 176 valence electrons. The molecule has 0 bridgehead atoms. The molecule has 1 amide bonds. The summed E-state index contributed by atoms with van der Waals surface area (Å²) in [5.74, 6) is -0.990. The number of anilines is 1. The van der Waals surface area contributed by atoms with Crippen molar-refractivity contribution in [1.29, 1.82) is 5.26 Å². The van der Waals surface area contributed by atoms with E-state index in [1.54, 1.807) is 43.3 Å². The summed E-state index contributed by atoms with van der Waals surface area (Å²) in [7, 11) is -3.76. The van der Waals surface area contributed by atoms with E-state index in [0.717, 1.165) is 5.56 Å². The molecular formula is C24H20Cl3N3O3S. The van der Waals surface area contributed by atoms with E-state index in [0.29, 0.717) is 31.9 Å². The fourth-order valence-corrected chi connectivity index (χ4v) is 4.80. The second kappa shape index (κ2) is 11.2. The van der Waals surface area contributed by atoms with Gasteiger partial charge in [0, 0.05) is 33.7 Å². The summed E-state index contributed by atoms with van der Waals surface area (Å²) >= 11 is 18.2. The molecule has 1 unspecified atom stereocenters. The van der Waals surface area contributed by atoms with Gasteiger partial charge in [0.15, 0.2) is 0 Å². The Labute approximate surface area is 213 Å². The highest BCUT2D eigenvalue weighted by Gasteiger charge is 2.19. The average molecular weight is 537 g/mol. The van der Waals surface area contributed by atoms with Gasteiger partial charge in [0.1, 0.15) is 0 Å². The molecule has 0 spiro atoms. The molecule has 0 aliphatic heterocycles. The number of nitrogens with zero attached hydrogens (tertiary/aromatic N) is 1. The molecule has 3 rings (SSSR count). The lowest BCUT2D eigenvalue weighted by atomic mass is 9.91. The Hall–Kier alpha value is -2.60. The van der Waals surface area contributed by atoms with Crippen LogP contribution in [0.4, 0.5) is 5.69 Å². The molecule has 0 fully saturated rings. The van der Waals surface area contributed by atoms with Crippen LogP contribution < -0.4 is 10.0 Å². The van der Waals surface area contributed by atoms with Crippen LogP contribution in [-0.4, -0.2) is 20.9 Å². The van der Waals surface area contributed by atoms with E-state index in [1.807, 2.05) is 0 Å². The Bertz CT molecular complexity index is 1340. The van der Waals surface area contributed by atoms with E-state index in [4.69, 9.17) is 34.8 Å². The smallest absolute Gasteiger partial charge is 0.240 e. The molecule has 0 saturated carbocycles. The van der Waals surface area contributed by atoms with E-state index in [-0.39, 0.29) is 23.8 Å². The molecule has 3 aromatic carbocycles. The topological polar surface area (TPSA) is 99.1 Å². The fraction of sp³-hybridized carbons (Fsp3) is 0.167. The van der Waals surface area contributed by atoms with Gasteiger partial charge in [0.25, 0.3) is 0 Å². The summed E-state index contributed by atoms with van der Waals surface area (Å²) in [6.45, 7) is 1.70. The van der Waals surface area contributed by atoms with Crippen LogP contribution >= 0.6 is 34.8 Å². The number of carbonyl (C=O) groups is 1. The van der Waals surface area contributed by atoms with Crippen LogP contribution in [0.25, 0.3) is 0 Å². The Kier molecular flexibility index (Phi) is 8.58. The SMILES string of the molecule is Cc1cc(C(C#N)c2ccc(Cl)cc2)c(Cl)cc1NC(=O)CCNS(=O)(=O)c1ccc(Cl)cc1. The molecule has 0 saturated heterocycles. The van der Waals surface area contributed by atoms with E-state index >= 15 is 0 Å². The number of amides is 1. The third-order valence-corrected chi connectivity index (χ3v) is 7.34. The van der Waals surface area contributed by atoms with Crippen molar-refractivity contribution in [2.45, 2.75) is 24.2 Å². The summed E-state index contributed by atoms with van der Waals surface area (Å²) in [4.78, 5) is 12.5. The molecule has 0 radical (unpaired) electrons. The van der Waals surface area contributed by atoms with Crippen molar-refractivity contribution in [3.05, 3.63) is 92.4 Å². The van der Waals surface area contributed by atoms with Gasteiger partial charge < -0.3 is 5.32 Å². The van der Waals surface area contributed by atoms with Crippen LogP contribution in [0.15, 0.2) is 65.6 Å². The lowest BCUT2D eigenvalue weighted by Gasteiger charge is -2.16. The van der Waals surface area contributed by atoms with Crippen LogP contribution in [0.1, 0.15) is 29.0 Å². The van der Waals surface area contributed by atoms with Crippen LogP contribution in [0.2, 0.25) is 15.1 Å². The van der Waals surface area contributed by atoms with Gasteiger partial charge in [0.05, 0.1) is 16.9 Å². The molecule has 3 aromatic rings. The predicted molar refractivity (Wildman–Crippen MR) is 135 cm³/mol. The summed E-state index contributed by atoms with van der Waals surface area (Å²) < 4.78 is 27.0. The van der Waals surface area contributed by atoms with E-state index in [2.05, 4.69) is 16.1 Å². The largest absolute Gasteiger partial charge is 0.326 e. The van der Waals surface area contributed by atoms with E-state index in [9.17, 15) is 18.5 Å². The minimum atomic E-state index is -3.76. The maximum Gasteiger partial charge on any atom is 0.240 e. The van der Waals surface area contributed by atoms with Gasteiger partial charge >= 0.3 is 0 Å². The van der Waals surface area contributed by atoms with Crippen molar-refractivity contribution in [2.75, 3.05) is 11.9 Å². The number of halogens is 3. The maximum atomic E-state index is 12.4. The molecular weight excluding hydrogens is 517 g/mol. The molecule has 6 nitrogen and oxygen atoms in total. The predicted octanol–water partition coefficient (Wildman–Crippen LogP) is 5.92. The van der Waals surface area contributed by atoms with Crippen molar-refractivity contribution in [2.24, 2.45) is 0 Å². The number of nitrogens with one attached hydrogen (secondary N) is 2. The quantitative estimate of drug-likeness (QED) is 0.373. The van der Waals surface area contributed by atoms with E-state index in [1.165, 1.54) is 24.3 Å². The lowest BCUT2D eigenvalue weighted by Crippen LogP contribution is -2.28. The highest BCUT2D eigenvalue weighted by molar-refractivity contribution is 7.89. The van der Waals surface area contributed by atoms with E-state index < -0.39 is 15.9 Å². The fourth-order valence-electron chi connectivity index (χ4n) is 3.25. The standard InChI is InChI=1S/C24H20Cl3N3O3S/c1-15-12-20(21(14-28)16-2-4-17(25)5-3-16)22(27)13-23(15)30-24(31)10-11-29-34(32,33)19-8-6-18(26)7-9-19/h2-9,12-13,21,29H,10-11H2,1H3,(H,30,31). The average Bonchev–Trinajstić information content (AvgIpc) is 2.78. The zero-order valence-electron chi connectivity index (χ0n) is 18.0. The number of nitriles is 1. The monoisotopic (exact) mass is 535 g/mol. The Morgan fingerprint density at radius 3 is 2.18 bits per heavy atom. The first-order chi connectivity index (χ1) is 16.1. The lowest BCUT2D eigenvalue weighted by molar-refractivity contribution is -0.116. The van der Waals surface area contributed by atoms with Crippen molar-refractivity contribution in [3.63, 3.8) is 0 Å². The first-order valence-electron chi connectivity index (χ1n) is 10.1. The molecule has 34 heavy (non-hydrogen) atoms. The molecule has 2 N–H and O–H groups in total. The first kappa shape index (κ1) is 26.0. The Balaban J connectivity index is 1.66. The number of hydrogen-bond acceptors (Lipinski definition) is 4. The van der Waals surface area contributed by atoms with Crippen molar-refractivity contribution < 1.29 is 13.2 Å². The Morgan fingerprint density at radius 2 is 1.59 bits per heavy atom. The zero-order chi connectivity index (χ0) is 24.9. The van der Waals surface area contributed by atoms with Crippen molar-refractivity contribution in [1.82, 2.24) is 4.72 Å². The van der Waals surface area contributed by atoms with Crippen molar-refractivity contribution >= 4 is 56.4 Å². The normalized spacial score (nSPS) is 12.1. The molecule has 10 heteroatoms. The number of carbonyl (C=O) groups excluding carboxylic acids is 1. The zero-order valence-corrected chi connectivity index (χ0v) is 21.1. The highest BCUT2D eigenvalue weighted by Crippen LogP contribution is 2.34. The molecule has 0 aliphatic carbocycles. The number of hydrogen-bond donors (Lipinski definition) is 2. The van der Waals surface area contributed by atoms with Gasteiger partial charge in [-0.2, -0.15) is 5.26 Å². The third kappa shape index (κ3) is 6.50. The summed E-state index contributed by atoms with van der Waals surface area (Å²) in [6.07, 6.45) is -0.0861. The Morgan fingerprint density at radius 1 is 1.00 bits per heavy atom. The van der Waals surface area contributed by atoms with Gasteiger partial charge in [-0.25, -0.2) is 13.1 Å². The molecule has 0 aliphatic rings. The van der Waals surface area contributed by atoms with Gasteiger partial charge in [0.2, 0.25) is 15.9 Å². The number of aryl methyl sites for hydroxylation is 1. The van der Waals surface area contributed by atoms with Crippen LogP contribution in [0, 0.1) is 18.3 Å². The number of sulfonamides is 1. The van der Waals surface area contributed by atoms with Crippen LogP contribution in [-0.2, 0) is 14.8 Å². The molecule has 1 atom stereocenters. The highest BCUT2D eigenvalue weighted by atomic mass is 35.5. The number of benzene rings is 3. The van der Waals surface area contributed by atoms with Crippen molar-refractivity contribution in [3.8, 4) is 6.07 Å². The minimum Gasteiger partial charge on any atom is -0.326 e. The first-order valence-corrected chi connectivity index (χ1v) is 12.7. The van der Waals surface area contributed by atoms with Crippen LogP contribution in [0.3, 0.4) is 0 Å². The summed E-state index contributed by atoms with van der Waals surface area (Å²) in [5.41, 5.74) is 2.55. The summed E-state index contributed by atoms with van der Waals surface area (Å²) in [6, 6.07) is 18.3. The molecule has 0 heterocycles. The molecule has 0 aromatic heterocycles. The third-order valence-electron chi connectivity index (χ3n) is 5.03. The summed E-state index contributed by atoms with van der Waals surface area (Å²) in [5, 5.41) is 13.8. The van der Waals surface area contributed by atoms with Gasteiger partial charge in [-0.15, -0.1) is 0 Å². The minimum absolute atomic E-state index is 0.0586. The second-order valence-corrected chi connectivity index (χ2v) is 10.5. The number of rotatable bonds is 8. The van der Waals surface area contributed by atoms with Gasteiger partial charge in [-0.3, -0.25) is 4.79 Å². The maximum absolute atomic E-state index is 12.4. The second-order valence-electron chi connectivity index (χ2n) is 7.45. The van der Waals surface area contributed by atoms with Crippen LogP contribution in [0.5, 0.6) is 0 Å². The van der Waals surface area contributed by atoms with Gasteiger partial charge in [-0.05, 0) is 66.1 Å². The van der Waals surface area contributed by atoms with Gasteiger partial charge in [-0.1, -0.05) is 53.0 Å².